The molecule has 0 saturated heterocycles. The van der Waals surface area contributed by atoms with Crippen molar-refractivity contribution in [1.82, 2.24) is 10.6 Å². The van der Waals surface area contributed by atoms with E-state index in [1.807, 2.05) is 25.1 Å². The van der Waals surface area contributed by atoms with Crippen molar-refractivity contribution in [3.63, 3.8) is 0 Å². The number of thiocarbonyl (C=S) groups is 1. The summed E-state index contributed by atoms with van der Waals surface area (Å²) >= 11 is 5.23. The number of esters is 1. The number of hydrogen-bond donors (Lipinski definition) is 2. The summed E-state index contributed by atoms with van der Waals surface area (Å²) in [5, 5.41) is 6.55. The number of ether oxygens (including phenoxy) is 3. The van der Waals surface area contributed by atoms with Gasteiger partial charge in [-0.3, -0.25) is 0 Å². The van der Waals surface area contributed by atoms with E-state index in [9.17, 15) is 4.79 Å². The molecule has 6 nitrogen and oxygen atoms in total. The van der Waals surface area contributed by atoms with Crippen molar-refractivity contribution in [3.05, 3.63) is 35.0 Å². The minimum absolute atomic E-state index is 0.305. The molecule has 0 fully saturated rings. The molecule has 2 N–H and O–H groups in total. The van der Waals surface area contributed by atoms with Crippen LogP contribution in [0.5, 0.6) is 11.5 Å². The predicted molar refractivity (Wildman–Crippen MR) is 95.1 cm³/mol. The first-order valence-corrected chi connectivity index (χ1v) is 8.18. The summed E-state index contributed by atoms with van der Waals surface area (Å²) < 4.78 is 16.1. The van der Waals surface area contributed by atoms with Gasteiger partial charge < -0.3 is 24.8 Å². The normalized spacial score (nSPS) is 17.0. The molecule has 24 heavy (non-hydrogen) atoms. The number of nitrogens with one attached hydrogen (secondary N) is 2. The molecule has 7 heteroatoms. The molecule has 1 heterocycles. The first kappa shape index (κ1) is 18.1. The monoisotopic (exact) mass is 350 g/mol. The zero-order valence-electron chi connectivity index (χ0n) is 14.3. The van der Waals surface area contributed by atoms with Gasteiger partial charge in [0.2, 0.25) is 0 Å². The van der Waals surface area contributed by atoms with Gasteiger partial charge in [0.05, 0.1) is 31.9 Å². The van der Waals surface area contributed by atoms with E-state index in [0.29, 0.717) is 41.1 Å². The Morgan fingerprint density at radius 3 is 2.62 bits per heavy atom. The molecular formula is C17H22N2O4S. The van der Waals surface area contributed by atoms with E-state index < -0.39 is 6.04 Å². The van der Waals surface area contributed by atoms with E-state index in [0.717, 1.165) is 5.56 Å². The number of carbonyl (C=O) groups is 1. The fourth-order valence-electron chi connectivity index (χ4n) is 2.56. The smallest absolute Gasteiger partial charge is 0.338 e. The Morgan fingerprint density at radius 1 is 1.25 bits per heavy atom. The molecular weight excluding hydrogens is 328 g/mol. The van der Waals surface area contributed by atoms with E-state index >= 15 is 0 Å². The van der Waals surface area contributed by atoms with Crippen LogP contribution in [0.15, 0.2) is 29.5 Å². The number of carbonyl (C=O) groups excluding carboxylic acids is 1. The van der Waals surface area contributed by atoms with Crippen LogP contribution < -0.4 is 20.1 Å². The second kappa shape index (κ2) is 8.01. The highest BCUT2D eigenvalue weighted by Gasteiger charge is 2.31. The Bertz CT molecular complexity index is 673. The van der Waals surface area contributed by atoms with Gasteiger partial charge in [0.15, 0.2) is 16.6 Å². The minimum atomic E-state index is -0.414. The van der Waals surface area contributed by atoms with Crippen LogP contribution in [0.1, 0.15) is 32.4 Å². The molecule has 2 rings (SSSR count). The predicted octanol–water partition coefficient (Wildman–Crippen LogP) is 2.45. The molecule has 0 aliphatic carbocycles. The largest absolute Gasteiger partial charge is 0.493 e. The van der Waals surface area contributed by atoms with E-state index in [2.05, 4.69) is 10.6 Å². The molecule has 1 atom stereocenters. The second-order valence-corrected chi connectivity index (χ2v) is 5.54. The van der Waals surface area contributed by atoms with Crippen molar-refractivity contribution in [2.75, 3.05) is 20.3 Å². The summed E-state index contributed by atoms with van der Waals surface area (Å²) in [6.45, 7) is 6.33. The summed E-state index contributed by atoms with van der Waals surface area (Å²) in [7, 11) is 1.58. The molecule has 1 aromatic carbocycles. The lowest BCUT2D eigenvalue weighted by molar-refractivity contribution is -0.139. The molecule has 0 radical (unpaired) electrons. The molecule has 130 valence electrons. The lowest BCUT2D eigenvalue weighted by atomic mass is 9.95. The summed E-state index contributed by atoms with van der Waals surface area (Å²) in [5.74, 6) is 0.871. The molecule has 0 unspecified atom stereocenters. The molecule has 0 bridgehead atoms. The fourth-order valence-corrected chi connectivity index (χ4v) is 2.83. The van der Waals surface area contributed by atoms with Crippen LogP contribution >= 0.6 is 12.2 Å². The SMILES string of the molecule is CCOC(=O)C1=C(C)NC(=S)N[C@@H]1c1ccc(OCC)c(OC)c1. The molecule has 1 aliphatic heterocycles. The molecule has 1 aromatic rings. The van der Waals surface area contributed by atoms with Gasteiger partial charge in [-0.05, 0) is 50.7 Å². The third-order valence-electron chi connectivity index (χ3n) is 3.59. The van der Waals surface area contributed by atoms with Crippen LogP contribution in [0, 0.1) is 0 Å². The molecule has 0 spiro atoms. The van der Waals surface area contributed by atoms with Crippen LogP contribution in [0.4, 0.5) is 0 Å². The average molecular weight is 350 g/mol. The van der Waals surface area contributed by atoms with E-state index in [1.54, 1.807) is 21.0 Å². The van der Waals surface area contributed by atoms with E-state index in [4.69, 9.17) is 26.4 Å². The zero-order chi connectivity index (χ0) is 17.7. The maximum atomic E-state index is 12.4. The van der Waals surface area contributed by atoms with Crippen LogP contribution in [0.3, 0.4) is 0 Å². The molecule has 0 saturated carbocycles. The summed E-state index contributed by atoms with van der Waals surface area (Å²) in [6.07, 6.45) is 0. The number of hydrogen-bond acceptors (Lipinski definition) is 5. The Kier molecular flexibility index (Phi) is 6.03. The first-order valence-electron chi connectivity index (χ1n) is 7.77. The van der Waals surface area contributed by atoms with Crippen molar-refractivity contribution < 1.29 is 19.0 Å². The quantitative estimate of drug-likeness (QED) is 0.603. The topological polar surface area (TPSA) is 68.8 Å². The van der Waals surface area contributed by atoms with Gasteiger partial charge in [-0.15, -0.1) is 0 Å². The van der Waals surface area contributed by atoms with Crippen molar-refractivity contribution in [2.24, 2.45) is 0 Å². The third kappa shape index (κ3) is 3.79. The van der Waals surface area contributed by atoms with Crippen molar-refractivity contribution >= 4 is 23.3 Å². The first-order chi connectivity index (χ1) is 11.5. The lowest BCUT2D eigenvalue weighted by Gasteiger charge is -2.30. The van der Waals surface area contributed by atoms with Gasteiger partial charge in [0.1, 0.15) is 0 Å². The minimum Gasteiger partial charge on any atom is -0.493 e. The average Bonchev–Trinajstić information content (AvgIpc) is 2.54. The summed E-state index contributed by atoms with van der Waals surface area (Å²) in [4.78, 5) is 12.4. The Morgan fingerprint density at radius 2 is 2.00 bits per heavy atom. The highest BCUT2D eigenvalue weighted by molar-refractivity contribution is 7.80. The van der Waals surface area contributed by atoms with Crippen molar-refractivity contribution in [2.45, 2.75) is 26.8 Å². The maximum absolute atomic E-state index is 12.4. The van der Waals surface area contributed by atoms with Crippen LogP contribution in [-0.2, 0) is 9.53 Å². The van der Waals surface area contributed by atoms with Crippen molar-refractivity contribution in [3.8, 4) is 11.5 Å². The van der Waals surface area contributed by atoms with Crippen LogP contribution in [0.2, 0.25) is 0 Å². The number of rotatable bonds is 6. The number of methoxy groups -OCH3 is 1. The van der Waals surface area contributed by atoms with Gasteiger partial charge in [-0.2, -0.15) is 0 Å². The zero-order valence-corrected chi connectivity index (χ0v) is 15.1. The summed E-state index contributed by atoms with van der Waals surface area (Å²) in [5.41, 5.74) is 2.01. The fraction of sp³-hybridized carbons (Fsp3) is 0.412. The van der Waals surface area contributed by atoms with Gasteiger partial charge >= 0.3 is 5.97 Å². The highest BCUT2D eigenvalue weighted by Crippen LogP contribution is 2.34. The van der Waals surface area contributed by atoms with Gasteiger partial charge in [0, 0.05) is 5.70 Å². The maximum Gasteiger partial charge on any atom is 0.338 e. The van der Waals surface area contributed by atoms with Crippen molar-refractivity contribution in [1.29, 1.82) is 0 Å². The Hall–Kier alpha value is -2.28. The molecule has 0 amide bonds. The molecule has 1 aliphatic rings. The van der Waals surface area contributed by atoms with Crippen LogP contribution in [-0.4, -0.2) is 31.4 Å². The van der Waals surface area contributed by atoms with Gasteiger partial charge in [0.25, 0.3) is 0 Å². The highest BCUT2D eigenvalue weighted by atomic mass is 32.1. The molecule has 0 aromatic heterocycles. The third-order valence-corrected chi connectivity index (χ3v) is 3.81. The number of benzene rings is 1. The van der Waals surface area contributed by atoms with Gasteiger partial charge in [-0.25, -0.2) is 4.79 Å². The summed E-state index contributed by atoms with van der Waals surface area (Å²) in [6, 6.07) is 5.12. The lowest BCUT2D eigenvalue weighted by Crippen LogP contribution is -2.45. The van der Waals surface area contributed by atoms with E-state index in [-0.39, 0.29) is 5.97 Å². The standard InChI is InChI=1S/C17H22N2O4S/c1-5-22-12-8-7-11(9-13(12)21-4)15-14(16(20)23-6-2)10(3)18-17(24)19-15/h7-9,15H,5-6H2,1-4H3,(H2,18,19,24)/t15-/m1/s1. The second-order valence-electron chi connectivity index (χ2n) is 5.13. The van der Waals surface area contributed by atoms with Crippen LogP contribution in [0.25, 0.3) is 0 Å². The Balaban J connectivity index is 2.45. The number of allylic oxidation sites excluding steroid dienone is 1. The van der Waals surface area contributed by atoms with Gasteiger partial charge in [-0.1, -0.05) is 6.07 Å². The van der Waals surface area contributed by atoms with E-state index in [1.165, 1.54) is 0 Å². The Labute approximate surface area is 147 Å².